The zero-order valence-electron chi connectivity index (χ0n) is 49.7. The Kier molecular flexibility index (Phi) is 46.1. The Hall–Kier alpha value is -3.61. The van der Waals surface area contributed by atoms with Gasteiger partial charge in [-0.25, -0.2) is 0 Å². The van der Waals surface area contributed by atoms with E-state index in [4.69, 9.17) is 18.9 Å². The molecule has 9 N–H and O–H groups in total. The lowest BCUT2D eigenvalue weighted by atomic mass is 9.97. The molecule has 0 bridgehead atoms. The van der Waals surface area contributed by atoms with Crippen LogP contribution >= 0.6 is 0 Å². The number of unbranched alkanes of at least 4 members (excludes halogenated alkanes) is 17. The Balaban J connectivity index is 1.79. The highest BCUT2D eigenvalue weighted by molar-refractivity contribution is 5.76. The Morgan fingerprint density at radius 3 is 1.36 bits per heavy atom. The lowest BCUT2D eigenvalue weighted by molar-refractivity contribution is -0.359. The van der Waals surface area contributed by atoms with Gasteiger partial charge < -0.3 is 65.1 Å². The molecule has 0 saturated carbocycles. The van der Waals surface area contributed by atoms with Gasteiger partial charge in [0, 0.05) is 6.42 Å². The van der Waals surface area contributed by atoms with Gasteiger partial charge in [0.25, 0.3) is 0 Å². The van der Waals surface area contributed by atoms with Crippen LogP contribution < -0.4 is 5.32 Å². The molecule has 2 aliphatic rings. The number of carbonyl (C=O) groups is 1. The maximum atomic E-state index is 13.3. The monoisotopic (exact) mass is 1140 g/mol. The van der Waals surface area contributed by atoms with E-state index in [2.05, 4.69) is 129 Å². The summed E-state index contributed by atoms with van der Waals surface area (Å²) in [6.07, 6.45) is 56.6. The molecular weight excluding hydrogens is 1030 g/mol. The predicted octanol–water partition coefficient (Wildman–Crippen LogP) is 11.4. The van der Waals surface area contributed by atoms with E-state index in [1.165, 1.54) is 64.2 Å². The first-order valence-electron chi connectivity index (χ1n) is 31.3. The van der Waals surface area contributed by atoms with Crippen LogP contribution in [0.1, 0.15) is 200 Å². The molecule has 0 radical (unpaired) electrons. The second-order valence-corrected chi connectivity index (χ2v) is 21.4. The van der Waals surface area contributed by atoms with Crippen molar-refractivity contribution in [3.63, 3.8) is 0 Å². The number of carbonyl (C=O) groups excluding carboxylic acids is 1. The average molecular weight is 1140 g/mol. The number of ether oxygens (including phenoxy) is 4. The number of hydrogen-bond donors (Lipinski definition) is 9. The van der Waals surface area contributed by atoms with E-state index >= 15 is 0 Å². The summed E-state index contributed by atoms with van der Waals surface area (Å²) in [4.78, 5) is 13.3. The summed E-state index contributed by atoms with van der Waals surface area (Å²) in [6, 6.07) is -0.959. The van der Waals surface area contributed by atoms with Crippen molar-refractivity contribution in [2.24, 2.45) is 0 Å². The first kappa shape index (κ1) is 73.5. The molecule has 0 aliphatic carbocycles. The van der Waals surface area contributed by atoms with E-state index in [9.17, 15) is 45.6 Å². The van der Waals surface area contributed by atoms with Gasteiger partial charge in [0.2, 0.25) is 5.91 Å². The van der Waals surface area contributed by atoms with Gasteiger partial charge in [0.1, 0.15) is 48.8 Å². The molecule has 1 amide bonds. The van der Waals surface area contributed by atoms with Gasteiger partial charge in [-0.15, -0.1) is 0 Å². The molecule has 14 heteroatoms. The first-order valence-corrected chi connectivity index (χ1v) is 31.3. The Bertz CT molecular complexity index is 1820. The third kappa shape index (κ3) is 36.0. The molecule has 81 heavy (non-hydrogen) atoms. The minimum absolute atomic E-state index is 0.239. The topological polar surface area (TPSA) is 228 Å². The predicted molar refractivity (Wildman–Crippen MR) is 327 cm³/mol. The SMILES string of the molecule is CC/C=C\C/C=C\C/C=C\C/C=C\C/C=C\C/C=C\C/C=C\CCCCCCCC(=O)NC(COC1OC(CO)C(OC2OC(CO)C(O)C(O)C2O)C(O)C1O)C(O)/C=C/CC/C=C/CC/C=C/CCCCCCCCCCCC. The molecule has 2 aliphatic heterocycles. The number of rotatable bonds is 48. The van der Waals surface area contributed by atoms with Crippen LogP contribution in [0.3, 0.4) is 0 Å². The molecule has 2 heterocycles. The average Bonchev–Trinajstić information content (AvgIpc) is 3.62. The van der Waals surface area contributed by atoms with E-state index in [0.29, 0.717) is 12.8 Å². The third-order valence-corrected chi connectivity index (χ3v) is 14.4. The Morgan fingerprint density at radius 2 is 0.864 bits per heavy atom. The van der Waals surface area contributed by atoms with Crippen LogP contribution in [-0.4, -0.2) is 140 Å². The summed E-state index contributed by atoms with van der Waals surface area (Å²) < 4.78 is 22.8. The summed E-state index contributed by atoms with van der Waals surface area (Å²) in [7, 11) is 0. The molecule has 12 unspecified atom stereocenters. The number of hydrogen-bond acceptors (Lipinski definition) is 13. The minimum Gasteiger partial charge on any atom is -0.394 e. The highest BCUT2D eigenvalue weighted by Gasteiger charge is 2.51. The molecule has 0 spiro atoms. The van der Waals surface area contributed by atoms with E-state index in [1.807, 2.05) is 6.08 Å². The van der Waals surface area contributed by atoms with Crippen LogP contribution in [0.15, 0.2) is 122 Å². The normalized spacial score (nSPS) is 25.0. The summed E-state index contributed by atoms with van der Waals surface area (Å²) >= 11 is 0. The largest absolute Gasteiger partial charge is 0.394 e. The van der Waals surface area contributed by atoms with Crippen molar-refractivity contribution in [1.29, 1.82) is 0 Å². The fraction of sp³-hybridized carbons (Fsp3) is 0.687. The quantitative estimate of drug-likeness (QED) is 0.0204. The molecule has 2 rings (SSSR count). The molecule has 0 aromatic rings. The number of aliphatic hydroxyl groups is 8. The molecular formula is C67H111NO13. The van der Waals surface area contributed by atoms with Crippen molar-refractivity contribution in [2.45, 2.75) is 274 Å². The van der Waals surface area contributed by atoms with Crippen LogP contribution in [0.5, 0.6) is 0 Å². The van der Waals surface area contributed by atoms with Gasteiger partial charge >= 0.3 is 0 Å². The van der Waals surface area contributed by atoms with Gasteiger partial charge in [-0.2, -0.15) is 0 Å². The highest BCUT2D eigenvalue weighted by atomic mass is 16.7. The van der Waals surface area contributed by atoms with Crippen LogP contribution in [0, 0.1) is 0 Å². The van der Waals surface area contributed by atoms with Gasteiger partial charge in [0.15, 0.2) is 12.6 Å². The number of nitrogens with one attached hydrogen (secondary N) is 1. The summed E-state index contributed by atoms with van der Waals surface area (Å²) in [5.41, 5.74) is 0. The van der Waals surface area contributed by atoms with Crippen LogP contribution in [0.25, 0.3) is 0 Å². The van der Waals surface area contributed by atoms with Gasteiger partial charge in [-0.05, 0) is 103 Å². The Morgan fingerprint density at radius 1 is 0.457 bits per heavy atom. The maximum absolute atomic E-state index is 13.3. The van der Waals surface area contributed by atoms with E-state index in [0.717, 1.165) is 103 Å². The third-order valence-electron chi connectivity index (χ3n) is 14.4. The molecule has 14 nitrogen and oxygen atoms in total. The zero-order chi connectivity index (χ0) is 58.8. The molecule has 0 aromatic carbocycles. The van der Waals surface area contributed by atoms with Crippen LogP contribution in [0.2, 0.25) is 0 Å². The second kappa shape index (κ2) is 50.9. The van der Waals surface area contributed by atoms with E-state index in [-0.39, 0.29) is 18.9 Å². The second-order valence-electron chi connectivity index (χ2n) is 21.4. The van der Waals surface area contributed by atoms with Crippen molar-refractivity contribution in [2.75, 3.05) is 19.8 Å². The lowest BCUT2D eigenvalue weighted by Gasteiger charge is -2.46. The molecule has 462 valence electrons. The van der Waals surface area contributed by atoms with Gasteiger partial charge in [-0.3, -0.25) is 4.79 Å². The van der Waals surface area contributed by atoms with Crippen LogP contribution in [-0.2, 0) is 23.7 Å². The molecule has 2 saturated heterocycles. The van der Waals surface area contributed by atoms with Gasteiger partial charge in [-0.1, -0.05) is 212 Å². The minimum atomic E-state index is -1.80. The molecule has 12 atom stereocenters. The standard InChI is InChI=1S/C67H111NO13/c1-3-5-7-9-11-13-15-17-19-21-23-25-26-27-28-29-30-31-33-35-37-39-41-43-45-47-49-51-59(72)68-55(56(71)50-48-46-44-42-40-38-36-34-32-24-22-20-18-16-14-12-10-8-6-4-2)54-78-66-64(77)62(75)65(58(53-70)80-66)81-67-63(76)61(74)60(73)57(52-69)79-67/h5,7,11,13,17,19,23,25,27-28,30-32,34-35,37,40,42,48,50,55-58,60-67,69-71,73-77H,3-4,6,8-10,12,14-16,18,20-22,24,26,29,33,36,38-39,41,43-47,49,51-54H2,1-2H3,(H,68,72)/b7-5-,13-11-,19-17-,25-23-,28-27-,31-30-,34-32+,37-35-,42-40+,50-48+. The number of amides is 1. The van der Waals surface area contributed by atoms with Crippen molar-refractivity contribution < 1.29 is 64.6 Å². The maximum Gasteiger partial charge on any atom is 0.220 e. The van der Waals surface area contributed by atoms with E-state index < -0.39 is 86.8 Å². The first-order chi connectivity index (χ1) is 39.6. The van der Waals surface area contributed by atoms with Crippen molar-refractivity contribution in [3.05, 3.63) is 122 Å². The van der Waals surface area contributed by atoms with E-state index in [1.54, 1.807) is 6.08 Å². The smallest absolute Gasteiger partial charge is 0.220 e. The molecule has 2 fully saturated rings. The highest BCUT2D eigenvalue weighted by Crippen LogP contribution is 2.30. The Labute approximate surface area is 488 Å². The summed E-state index contributed by atoms with van der Waals surface area (Å²) in [6.45, 7) is 2.63. The fourth-order valence-electron chi connectivity index (χ4n) is 9.36. The van der Waals surface area contributed by atoms with Gasteiger partial charge in [0.05, 0.1) is 32.0 Å². The lowest BCUT2D eigenvalue weighted by Crippen LogP contribution is -2.65. The van der Waals surface area contributed by atoms with Crippen LogP contribution in [0.4, 0.5) is 0 Å². The van der Waals surface area contributed by atoms with Crippen molar-refractivity contribution in [3.8, 4) is 0 Å². The zero-order valence-corrected chi connectivity index (χ0v) is 49.7. The summed E-state index contributed by atoms with van der Waals surface area (Å²) in [5.74, 6) is -0.278. The summed E-state index contributed by atoms with van der Waals surface area (Å²) in [5, 5.41) is 87.2. The fourth-order valence-corrected chi connectivity index (χ4v) is 9.36. The van der Waals surface area contributed by atoms with Crippen molar-refractivity contribution in [1.82, 2.24) is 5.32 Å². The molecule has 0 aromatic heterocycles. The number of allylic oxidation sites excluding steroid dienone is 19. The van der Waals surface area contributed by atoms with Crippen molar-refractivity contribution >= 4 is 5.91 Å². The number of aliphatic hydroxyl groups excluding tert-OH is 8.